The summed E-state index contributed by atoms with van der Waals surface area (Å²) in [7, 11) is 10.5. The summed E-state index contributed by atoms with van der Waals surface area (Å²) >= 11 is 0. The van der Waals surface area contributed by atoms with Gasteiger partial charge in [0.2, 0.25) is 0 Å². The highest BCUT2D eigenvalue weighted by atomic mass is 35.7. The van der Waals surface area contributed by atoms with E-state index in [-0.39, 0.29) is 0 Å². The minimum Gasteiger partial charge on any atom is -0.378 e. The molecule has 0 spiro atoms. The maximum atomic E-state index is 6.97. The fraction of sp³-hybridized carbons (Fsp3) is 0.0833. The summed E-state index contributed by atoms with van der Waals surface area (Å²) in [5, 5.41) is 0. The van der Waals surface area contributed by atoms with Crippen LogP contribution in [-0.4, -0.2) is 23.9 Å². The average molecular weight is 405 g/mol. The molecule has 4 rings (SSSR count). The van der Waals surface area contributed by atoms with E-state index in [0.29, 0.717) is 0 Å². The number of hydrogen-bond donors (Lipinski definition) is 0. The zero-order chi connectivity index (χ0) is 19.5. The molecule has 0 bridgehead atoms. The van der Waals surface area contributed by atoms with Gasteiger partial charge >= 0.3 is 0 Å². The number of rotatable bonds is 4. The van der Waals surface area contributed by atoms with Crippen LogP contribution in [0, 0.1) is 0 Å². The number of benzene rings is 2. The Hall–Kier alpha value is -2.62. The smallest absolute Gasteiger partial charge is 0.0772 e. The maximum Gasteiger partial charge on any atom is 0.0772 e. The molecule has 0 saturated heterocycles. The fourth-order valence-corrected chi connectivity index (χ4v) is 5.25. The molecular weight excluding hydrogens is 384 g/mol. The molecular formula is C24H21ClN2S. The van der Waals surface area contributed by atoms with Crippen LogP contribution in [0.2, 0.25) is 0 Å². The Labute approximate surface area is 173 Å². The molecule has 2 nitrogen and oxygen atoms in total. The van der Waals surface area contributed by atoms with Gasteiger partial charge in [-0.1, -0.05) is 58.2 Å². The number of pyridine rings is 1. The second-order valence-corrected chi connectivity index (χ2v) is 9.07. The second-order valence-electron chi connectivity index (χ2n) is 6.75. The first-order valence-electron chi connectivity index (χ1n) is 9.09. The SMILES string of the molecule is CN(C)c1ccc(C2=CC(c3ccccc3)=S(Cl)C(c3ccccn3)=C2)cc1. The topological polar surface area (TPSA) is 16.1 Å². The minimum atomic E-state index is -0.571. The minimum absolute atomic E-state index is 0.571. The lowest BCUT2D eigenvalue weighted by molar-refractivity contribution is 1.13. The lowest BCUT2D eigenvalue weighted by atomic mass is 10.0. The third kappa shape index (κ3) is 3.82. The number of allylic oxidation sites excluding steroid dienone is 3. The Balaban J connectivity index is 1.86. The number of halogens is 1. The second kappa shape index (κ2) is 8.17. The monoisotopic (exact) mass is 404 g/mol. The first kappa shape index (κ1) is 18.7. The number of hydrogen-bond acceptors (Lipinski definition) is 2. The molecule has 140 valence electrons. The van der Waals surface area contributed by atoms with Crippen molar-refractivity contribution in [2.75, 3.05) is 19.0 Å². The van der Waals surface area contributed by atoms with Crippen molar-refractivity contribution in [3.05, 3.63) is 108 Å². The number of nitrogens with zero attached hydrogens (tertiary/aromatic N) is 2. The van der Waals surface area contributed by atoms with Gasteiger partial charge in [0.15, 0.2) is 0 Å². The Morgan fingerprint density at radius 3 is 2.14 bits per heavy atom. The molecule has 1 aromatic heterocycles. The van der Waals surface area contributed by atoms with E-state index in [0.717, 1.165) is 26.6 Å². The molecule has 0 aliphatic carbocycles. The Morgan fingerprint density at radius 2 is 1.50 bits per heavy atom. The average Bonchev–Trinajstić information content (AvgIpc) is 2.75. The van der Waals surface area contributed by atoms with Gasteiger partial charge < -0.3 is 4.90 Å². The van der Waals surface area contributed by atoms with E-state index in [1.807, 2.05) is 30.5 Å². The van der Waals surface area contributed by atoms with Crippen molar-refractivity contribution in [2.45, 2.75) is 0 Å². The third-order valence-corrected chi connectivity index (χ3v) is 7.10. The fourth-order valence-electron chi connectivity index (χ4n) is 3.13. The van der Waals surface area contributed by atoms with Gasteiger partial charge in [0, 0.05) is 35.7 Å². The summed E-state index contributed by atoms with van der Waals surface area (Å²) in [6, 6.07) is 24.9. The summed E-state index contributed by atoms with van der Waals surface area (Å²) in [6.45, 7) is 0. The number of aromatic nitrogens is 1. The van der Waals surface area contributed by atoms with Gasteiger partial charge in [-0.25, -0.2) is 0 Å². The van der Waals surface area contributed by atoms with Crippen molar-refractivity contribution in [1.29, 1.82) is 0 Å². The molecule has 0 amide bonds. The zero-order valence-electron chi connectivity index (χ0n) is 15.8. The predicted molar refractivity (Wildman–Crippen MR) is 125 cm³/mol. The lowest BCUT2D eigenvalue weighted by Gasteiger charge is -2.19. The van der Waals surface area contributed by atoms with Gasteiger partial charge in [-0.05, 0) is 63.8 Å². The summed E-state index contributed by atoms with van der Waals surface area (Å²) in [6.07, 6.45) is 6.20. The van der Waals surface area contributed by atoms with Crippen LogP contribution in [0.25, 0.3) is 10.5 Å². The molecule has 1 aliphatic rings. The van der Waals surface area contributed by atoms with Gasteiger partial charge in [0.1, 0.15) is 0 Å². The molecule has 1 unspecified atom stereocenters. The summed E-state index contributed by atoms with van der Waals surface area (Å²) in [4.78, 5) is 8.83. The molecule has 1 aliphatic heterocycles. The van der Waals surface area contributed by atoms with E-state index < -0.39 is 9.70 Å². The first-order valence-corrected chi connectivity index (χ1v) is 11.1. The van der Waals surface area contributed by atoms with Crippen LogP contribution in [0.4, 0.5) is 5.69 Å². The van der Waals surface area contributed by atoms with Crippen LogP contribution in [0.3, 0.4) is 0 Å². The Morgan fingerprint density at radius 1 is 0.786 bits per heavy atom. The van der Waals surface area contributed by atoms with Crippen LogP contribution in [0.5, 0.6) is 0 Å². The van der Waals surface area contributed by atoms with Gasteiger partial charge in [-0.15, -0.1) is 0 Å². The first-order chi connectivity index (χ1) is 13.6. The van der Waals surface area contributed by atoms with E-state index in [1.165, 1.54) is 11.3 Å². The molecule has 0 N–H and O–H groups in total. The van der Waals surface area contributed by atoms with Gasteiger partial charge in [0.25, 0.3) is 0 Å². The molecule has 0 radical (unpaired) electrons. The molecule has 0 saturated carbocycles. The van der Waals surface area contributed by atoms with Crippen molar-refractivity contribution >= 4 is 41.4 Å². The van der Waals surface area contributed by atoms with E-state index in [4.69, 9.17) is 10.7 Å². The van der Waals surface area contributed by atoms with Crippen molar-refractivity contribution in [1.82, 2.24) is 4.98 Å². The summed E-state index contributed by atoms with van der Waals surface area (Å²) in [5.74, 6) is 0. The Kier molecular flexibility index (Phi) is 5.47. The molecule has 1 atom stereocenters. The van der Waals surface area contributed by atoms with Crippen molar-refractivity contribution in [3.63, 3.8) is 0 Å². The standard InChI is InChI=1S/C24H21ClN2S/c1-27(2)21-13-11-18(12-14-21)20-16-23(19-8-4-3-5-9-19)28(25)24(17-20)22-10-6-7-15-26-22/h3-17H,1-2H3. The molecule has 28 heavy (non-hydrogen) atoms. The highest BCUT2D eigenvalue weighted by Crippen LogP contribution is 2.45. The molecule has 3 aromatic rings. The predicted octanol–water partition coefficient (Wildman–Crippen LogP) is 6.23. The van der Waals surface area contributed by atoms with E-state index in [2.05, 4.69) is 84.7 Å². The number of anilines is 1. The van der Waals surface area contributed by atoms with Crippen molar-refractivity contribution in [2.24, 2.45) is 0 Å². The normalized spacial score (nSPS) is 16.4. The van der Waals surface area contributed by atoms with Crippen LogP contribution < -0.4 is 4.90 Å². The van der Waals surface area contributed by atoms with Crippen LogP contribution in [-0.2, 0) is 0 Å². The van der Waals surface area contributed by atoms with E-state index in [9.17, 15) is 0 Å². The van der Waals surface area contributed by atoms with Crippen molar-refractivity contribution < 1.29 is 0 Å². The third-order valence-electron chi connectivity index (χ3n) is 4.65. The van der Waals surface area contributed by atoms with E-state index in [1.54, 1.807) is 0 Å². The summed E-state index contributed by atoms with van der Waals surface area (Å²) < 4.78 is 0. The lowest BCUT2D eigenvalue weighted by Crippen LogP contribution is -2.08. The molecule has 0 fully saturated rings. The zero-order valence-corrected chi connectivity index (χ0v) is 17.4. The van der Waals surface area contributed by atoms with Crippen LogP contribution >= 0.6 is 20.4 Å². The van der Waals surface area contributed by atoms with E-state index >= 15 is 0 Å². The maximum absolute atomic E-state index is 6.97. The largest absolute Gasteiger partial charge is 0.378 e. The van der Waals surface area contributed by atoms with Gasteiger partial charge in [0.05, 0.1) is 5.69 Å². The quantitative estimate of drug-likeness (QED) is 0.479. The highest BCUT2D eigenvalue weighted by Gasteiger charge is 2.18. The van der Waals surface area contributed by atoms with Crippen molar-refractivity contribution in [3.8, 4) is 0 Å². The van der Waals surface area contributed by atoms with Crippen LogP contribution in [0.1, 0.15) is 16.8 Å². The van der Waals surface area contributed by atoms with Gasteiger partial charge in [-0.3, -0.25) is 4.98 Å². The highest BCUT2D eigenvalue weighted by molar-refractivity contribution is 8.42. The summed E-state index contributed by atoms with van der Waals surface area (Å²) in [5.41, 5.74) is 5.56. The molecule has 4 heteroatoms. The van der Waals surface area contributed by atoms with Gasteiger partial charge in [-0.2, -0.15) is 0 Å². The van der Waals surface area contributed by atoms with Crippen LogP contribution in [0.15, 0.2) is 91.1 Å². The Bertz CT molecular complexity index is 1070. The molecule has 2 aromatic carbocycles. The molecule has 2 heterocycles.